The first-order valence-electron chi connectivity index (χ1n) is 7.42. The maximum atomic E-state index is 9.29. The van der Waals surface area contributed by atoms with Crippen LogP contribution in [0.3, 0.4) is 0 Å². The van der Waals surface area contributed by atoms with Crippen molar-refractivity contribution in [2.24, 2.45) is 9.98 Å². The van der Waals surface area contributed by atoms with Crippen molar-refractivity contribution in [2.75, 3.05) is 7.05 Å². The minimum atomic E-state index is -0.319. The standard InChI is InChI=1S/C18H12N8/c1-9(5-19)12(6-20)24-16-10(2)15(23-4)11(3)17-18(16)26-14(8-22)13(7-21)25-17/h11H,2H2,1,3-4H3/b12-9+,23-15-,24-16+. The van der Waals surface area contributed by atoms with Crippen molar-refractivity contribution in [1.29, 1.82) is 21.0 Å². The molecule has 0 bridgehead atoms. The monoisotopic (exact) mass is 340 g/mol. The summed E-state index contributed by atoms with van der Waals surface area (Å²) in [6.07, 6.45) is 0. The zero-order valence-corrected chi connectivity index (χ0v) is 14.4. The molecule has 0 aromatic carbocycles. The van der Waals surface area contributed by atoms with Crippen molar-refractivity contribution in [3.05, 3.63) is 46.2 Å². The molecule has 0 aliphatic heterocycles. The lowest BCUT2D eigenvalue weighted by Gasteiger charge is -2.26. The Morgan fingerprint density at radius 3 is 2.19 bits per heavy atom. The van der Waals surface area contributed by atoms with Crippen LogP contribution < -0.4 is 0 Å². The van der Waals surface area contributed by atoms with Gasteiger partial charge in [-0.25, -0.2) is 15.0 Å². The van der Waals surface area contributed by atoms with Gasteiger partial charge in [-0.3, -0.25) is 4.99 Å². The summed E-state index contributed by atoms with van der Waals surface area (Å²) in [5.41, 5.74) is 1.68. The quantitative estimate of drug-likeness (QED) is 0.715. The molecule has 0 N–H and O–H groups in total. The van der Waals surface area contributed by atoms with Gasteiger partial charge in [0.2, 0.25) is 0 Å². The van der Waals surface area contributed by atoms with Gasteiger partial charge in [0.15, 0.2) is 17.1 Å². The van der Waals surface area contributed by atoms with E-state index < -0.39 is 0 Å². The molecule has 0 saturated heterocycles. The summed E-state index contributed by atoms with van der Waals surface area (Å²) in [7, 11) is 1.59. The first kappa shape index (κ1) is 18.2. The highest BCUT2D eigenvalue weighted by Gasteiger charge is 2.34. The Hall–Kier alpha value is -4.14. The first-order chi connectivity index (χ1) is 12.4. The van der Waals surface area contributed by atoms with Crippen molar-refractivity contribution in [3.8, 4) is 24.3 Å². The van der Waals surface area contributed by atoms with E-state index in [9.17, 15) is 15.8 Å². The van der Waals surface area contributed by atoms with Gasteiger partial charge in [-0.05, 0) is 6.92 Å². The third kappa shape index (κ3) is 2.84. The summed E-state index contributed by atoms with van der Waals surface area (Å²) in [6, 6.07) is 7.43. The van der Waals surface area contributed by atoms with E-state index in [2.05, 4.69) is 26.5 Å². The average molecular weight is 340 g/mol. The zero-order chi connectivity index (χ0) is 19.4. The van der Waals surface area contributed by atoms with Crippen molar-refractivity contribution in [2.45, 2.75) is 19.8 Å². The zero-order valence-electron chi connectivity index (χ0n) is 14.4. The Morgan fingerprint density at radius 2 is 1.69 bits per heavy atom. The van der Waals surface area contributed by atoms with Gasteiger partial charge < -0.3 is 0 Å². The molecule has 0 fully saturated rings. The summed E-state index contributed by atoms with van der Waals surface area (Å²) in [5.74, 6) is -0.319. The summed E-state index contributed by atoms with van der Waals surface area (Å²) in [6.45, 7) is 7.27. The van der Waals surface area contributed by atoms with Crippen molar-refractivity contribution < 1.29 is 0 Å². The maximum Gasteiger partial charge on any atom is 0.177 e. The molecule has 1 aliphatic carbocycles. The van der Waals surface area contributed by atoms with Gasteiger partial charge >= 0.3 is 0 Å². The highest BCUT2D eigenvalue weighted by molar-refractivity contribution is 6.33. The van der Waals surface area contributed by atoms with Crippen LogP contribution in [-0.2, 0) is 0 Å². The average Bonchev–Trinajstić information content (AvgIpc) is 2.66. The van der Waals surface area contributed by atoms with E-state index in [1.54, 1.807) is 7.05 Å². The summed E-state index contributed by atoms with van der Waals surface area (Å²) in [5, 5.41) is 36.8. The second-order valence-electron chi connectivity index (χ2n) is 5.34. The van der Waals surface area contributed by atoms with Crippen LogP contribution in [0.15, 0.2) is 33.4 Å². The van der Waals surface area contributed by atoms with E-state index in [4.69, 9.17) is 5.26 Å². The Kier molecular flexibility index (Phi) is 5.02. The highest BCUT2D eigenvalue weighted by Crippen LogP contribution is 2.31. The molecular weight excluding hydrogens is 328 g/mol. The summed E-state index contributed by atoms with van der Waals surface area (Å²) >= 11 is 0. The molecule has 1 aromatic heterocycles. The molecule has 26 heavy (non-hydrogen) atoms. The van der Waals surface area contributed by atoms with Crippen LogP contribution in [0, 0.1) is 45.3 Å². The Balaban J connectivity index is 2.93. The molecule has 1 unspecified atom stereocenters. The van der Waals surface area contributed by atoms with E-state index in [0.29, 0.717) is 17.0 Å². The lowest BCUT2D eigenvalue weighted by Crippen LogP contribution is -2.30. The molecule has 8 nitrogen and oxygen atoms in total. The van der Waals surface area contributed by atoms with E-state index in [-0.39, 0.29) is 40.0 Å². The van der Waals surface area contributed by atoms with Gasteiger partial charge in [-0.2, -0.15) is 21.0 Å². The summed E-state index contributed by atoms with van der Waals surface area (Å²) < 4.78 is 0. The molecule has 1 aromatic rings. The molecule has 1 atom stereocenters. The number of nitrogens with zero attached hydrogens (tertiary/aromatic N) is 8. The second kappa shape index (κ2) is 7.18. The number of aliphatic imine (C=N–C) groups is 2. The lowest BCUT2D eigenvalue weighted by molar-refractivity contribution is 0.894. The minimum Gasteiger partial charge on any atom is -0.292 e. The molecular formula is C18H12N8. The predicted octanol–water partition coefficient (Wildman–Crippen LogP) is 2.07. The number of aromatic nitrogens is 2. The van der Waals surface area contributed by atoms with Crippen LogP contribution in [0.1, 0.15) is 42.5 Å². The van der Waals surface area contributed by atoms with Gasteiger partial charge in [-0.1, -0.05) is 13.5 Å². The van der Waals surface area contributed by atoms with Gasteiger partial charge in [-0.15, -0.1) is 0 Å². The van der Waals surface area contributed by atoms with Gasteiger partial charge in [0, 0.05) is 18.5 Å². The molecule has 2 rings (SSSR count). The Morgan fingerprint density at radius 1 is 1.08 bits per heavy atom. The molecule has 0 amide bonds. The smallest absolute Gasteiger partial charge is 0.177 e. The second-order valence-corrected chi connectivity index (χ2v) is 5.34. The van der Waals surface area contributed by atoms with E-state index in [0.717, 1.165) is 0 Å². The third-order valence-electron chi connectivity index (χ3n) is 3.87. The lowest BCUT2D eigenvalue weighted by atomic mass is 9.83. The molecule has 0 radical (unpaired) electrons. The summed E-state index contributed by atoms with van der Waals surface area (Å²) in [4.78, 5) is 16.9. The molecule has 124 valence electrons. The van der Waals surface area contributed by atoms with Crippen LogP contribution in [0.25, 0.3) is 0 Å². The van der Waals surface area contributed by atoms with E-state index >= 15 is 0 Å². The number of allylic oxidation sites excluding steroid dienone is 3. The van der Waals surface area contributed by atoms with Crippen molar-refractivity contribution in [3.63, 3.8) is 0 Å². The van der Waals surface area contributed by atoms with Gasteiger partial charge in [0.25, 0.3) is 0 Å². The number of fused-ring (bicyclic) bond motifs is 1. The number of hydrogen-bond donors (Lipinski definition) is 0. The fraction of sp³-hybridized carbons (Fsp3) is 0.222. The van der Waals surface area contributed by atoms with Gasteiger partial charge in [0.05, 0.1) is 23.0 Å². The molecule has 0 spiro atoms. The van der Waals surface area contributed by atoms with Crippen molar-refractivity contribution in [1.82, 2.24) is 9.97 Å². The number of hydrogen-bond acceptors (Lipinski definition) is 8. The minimum absolute atomic E-state index is 0.0929. The van der Waals surface area contributed by atoms with Crippen LogP contribution in [-0.4, -0.2) is 28.4 Å². The first-order valence-corrected chi connectivity index (χ1v) is 7.42. The fourth-order valence-corrected chi connectivity index (χ4v) is 2.54. The Labute approximate surface area is 150 Å². The predicted molar refractivity (Wildman–Crippen MR) is 92.8 cm³/mol. The molecule has 1 aliphatic rings. The molecule has 1 heterocycles. The van der Waals surface area contributed by atoms with Crippen LogP contribution >= 0.6 is 0 Å². The number of nitriles is 4. The number of rotatable bonds is 1. The van der Waals surface area contributed by atoms with Crippen LogP contribution in [0.4, 0.5) is 0 Å². The van der Waals surface area contributed by atoms with E-state index in [1.165, 1.54) is 6.92 Å². The van der Waals surface area contributed by atoms with Gasteiger partial charge in [0.1, 0.15) is 29.6 Å². The highest BCUT2D eigenvalue weighted by atomic mass is 14.9. The fourth-order valence-electron chi connectivity index (χ4n) is 2.54. The largest absolute Gasteiger partial charge is 0.292 e. The molecule has 8 heteroatoms. The van der Waals surface area contributed by atoms with Crippen molar-refractivity contribution >= 4 is 11.4 Å². The normalized spacial score (nSPS) is 19.7. The van der Waals surface area contributed by atoms with Crippen LogP contribution in [0.5, 0.6) is 0 Å². The SMILES string of the molecule is C=C1/C(=N\C(C#N)=C(/C)C#N)c2nc(C#N)c(C#N)nc2C(C)/C1=N\C. The van der Waals surface area contributed by atoms with Crippen LogP contribution in [0.2, 0.25) is 0 Å². The topological polar surface area (TPSA) is 146 Å². The third-order valence-corrected chi connectivity index (χ3v) is 3.87. The maximum absolute atomic E-state index is 9.29. The molecule has 0 saturated carbocycles. The van der Waals surface area contributed by atoms with E-state index in [1.807, 2.05) is 31.2 Å². The Bertz CT molecular complexity index is 1070.